The smallest absolute Gasteiger partial charge is 0.348 e. The molecule has 0 amide bonds. The fraction of sp³-hybridized carbons (Fsp3) is 0.421. The van der Waals surface area contributed by atoms with Crippen molar-refractivity contribution in [3.63, 3.8) is 0 Å². The highest BCUT2D eigenvalue weighted by Gasteiger charge is 2.23. The predicted octanol–water partition coefficient (Wildman–Crippen LogP) is 2.45. The van der Waals surface area contributed by atoms with E-state index in [1.807, 2.05) is 11.0 Å². The summed E-state index contributed by atoms with van der Waals surface area (Å²) in [4.78, 5) is 34.6. The molecule has 0 bridgehead atoms. The zero-order valence-electron chi connectivity index (χ0n) is 16.2. The van der Waals surface area contributed by atoms with Gasteiger partial charge in [0.15, 0.2) is 0 Å². The standard InChI is InChI=1S/C19H23N3O5S/c1-11-14-16(23)20-13(21-17(14)28-15(11)18(24)26-4)9-22(10-19(2,3)25)8-12-6-5-7-27-12/h5-7,25H,8-10H2,1-4H3,(H,20,21,23). The van der Waals surface area contributed by atoms with Gasteiger partial charge in [-0.2, -0.15) is 0 Å². The highest BCUT2D eigenvalue weighted by molar-refractivity contribution is 7.20. The number of methoxy groups -OCH3 is 1. The van der Waals surface area contributed by atoms with Crippen LogP contribution in [0.3, 0.4) is 0 Å². The summed E-state index contributed by atoms with van der Waals surface area (Å²) >= 11 is 1.14. The van der Waals surface area contributed by atoms with Gasteiger partial charge in [-0.05, 0) is 38.5 Å². The third kappa shape index (κ3) is 4.49. The summed E-state index contributed by atoms with van der Waals surface area (Å²) in [5.74, 6) is 0.710. The number of rotatable bonds is 7. The summed E-state index contributed by atoms with van der Waals surface area (Å²) in [7, 11) is 1.30. The first-order chi connectivity index (χ1) is 13.2. The molecule has 150 valence electrons. The zero-order valence-corrected chi connectivity index (χ0v) is 17.1. The number of esters is 1. The first-order valence-corrected chi connectivity index (χ1v) is 9.57. The number of nitrogens with one attached hydrogen (secondary N) is 1. The molecule has 3 heterocycles. The van der Waals surface area contributed by atoms with E-state index in [4.69, 9.17) is 9.15 Å². The maximum atomic E-state index is 12.6. The molecule has 0 atom stereocenters. The number of aromatic amines is 1. The number of furan rings is 1. The fourth-order valence-electron chi connectivity index (χ4n) is 3.10. The van der Waals surface area contributed by atoms with Crippen molar-refractivity contribution in [3.05, 3.63) is 50.8 Å². The minimum atomic E-state index is -0.936. The Morgan fingerprint density at radius 2 is 2.18 bits per heavy atom. The molecule has 9 heteroatoms. The number of carbonyl (C=O) groups excluding carboxylic acids is 1. The summed E-state index contributed by atoms with van der Waals surface area (Å²) in [6.07, 6.45) is 1.59. The van der Waals surface area contributed by atoms with Crippen molar-refractivity contribution in [2.24, 2.45) is 0 Å². The topological polar surface area (TPSA) is 109 Å². The van der Waals surface area contributed by atoms with Crippen LogP contribution in [0.1, 0.15) is 40.7 Å². The van der Waals surface area contributed by atoms with Crippen LogP contribution in [0.2, 0.25) is 0 Å². The summed E-state index contributed by atoms with van der Waals surface area (Å²) in [6, 6.07) is 3.65. The largest absolute Gasteiger partial charge is 0.468 e. The zero-order chi connectivity index (χ0) is 20.5. The van der Waals surface area contributed by atoms with Gasteiger partial charge in [0.05, 0.1) is 37.4 Å². The molecule has 0 aromatic carbocycles. The Morgan fingerprint density at radius 1 is 1.43 bits per heavy atom. The van der Waals surface area contributed by atoms with E-state index in [0.717, 1.165) is 17.1 Å². The fourth-order valence-corrected chi connectivity index (χ4v) is 4.22. The van der Waals surface area contributed by atoms with E-state index in [9.17, 15) is 14.7 Å². The van der Waals surface area contributed by atoms with Crippen LogP contribution in [0.5, 0.6) is 0 Å². The Morgan fingerprint density at radius 3 is 2.79 bits per heavy atom. The molecule has 0 saturated carbocycles. The first-order valence-electron chi connectivity index (χ1n) is 8.75. The van der Waals surface area contributed by atoms with Crippen molar-refractivity contribution in [2.75, 3.05) is 13.7 Å². The Labute approximate surface area is 165 Å². The molecule has 0 aliphatic heterocycles. The molecular weight excluding hydrogens is 382 g/mol. The normalized spacial score (nSPS) is 12.1. The van der Waals surface area contributed by atoms with Gasteiger partial charge in [0.1, 0.15) is 21.3 Å². The summed E-state index contributed by atoms with van der Waals surface area (Å²) in [5.41, 5.74) is -0.671. The summed E-state index contributed by atoms with van der Waals surface area (Å²) in [5, 5.41) is 10.6. The lowest BCUT2D eigenvalue weighted by Gasteiger charge is -2.27. The molecule has 0 saturated heterocycles. The van der Waals surface area contributed by atoms with Crippen molar-refractivity contribution in [3.8, 4) is 0 Å². The molecule has 0 aliphatic carbocycles. The quantitative estimate of drug-likeness (QED) is 0.581. The average molecular weight is 405 g/mol. The first kappa shape index (κ1) is 20.2. The van der Waals surface area contributed by atoms with Crippen molar-refractivity contribution in [2.45, 2.75) is 39.5 Å². The number of hydrogen-bond acceptors (Lipinski definition) is 8. The number of H-pyrrole nitrogens is 1. The van der Waals surface area contributed by atoms with E-state index >= 15 is 0 Å². The number of thiophene rings is 1. The summed E-state index contributed by atoms with van der Waals surface area (Å²) < 4.78 is 10.2. The Hall–Kier alpha value is -2.49. The molecule has 3 aromatic heterocycles. The van der Waals surface area contributed by atoms with E-state index in [-0.39, 0.29) is 5.56 Å². The predicted molar refractivity (Wildman–Crippen MR) is 105 cm³/mol. The lowest BCUT2D eigenvalue weighted by atomic mass is 10.1. The molecule has 3 rings (SSSR count). The maximum absolute atomic E-state index is 12.6. The Bertz CT molecular complexity index is 1030. The third-order valence-corrected chi connectivity index (χ3v) is 5.33. The van der Waals surface area contributed by atoms with E-state index in [1.54, 1.807) is 33.1 Å². The Kier molecular flexibility index (Phi) is 5.69. The molecule has 0 spiro atoms. The van der Waals surface area contributed by atoms with Crippen molar-refractivity contribution in [1.82, 2.24) is 14.9 Å². The number of aliphatic hydroxyl groups is 1. The molecule has 2 N–H and O–H groups in total. The van der Waals surface area contributed by atoms with Crippen LogP contribution in [0.25, 0.3) is 10.2 Å². The highest BCUT2D eigenvalue weighted by Crippen LogP contribution is 2.27. The van der Waals surface area contributed by atoms with Crippen LogP contribution in [0, 0.1) is 6.92 Å². The second-order valence-electron chi connectivity index (χ2n) is 7.28. The number of carbonyl (C=O) groups is 1. The van der Waals surface area contributed by atoms with Gasteiger partial charge in [0, 0.05) is 6.54 Å². The molecule has 0 radical (unpaired) electrons. The van der Waals surface area contributed by atoms with Crippen molar-refractivity contribution >= 4 is 27.5 Å². The summed E-state index contributed by atoms with van der Waals surface area (Å²) in [6.45, 7) is 6.25. The molecule has 3 aromatic rings. The minimum Gasteiger partial charge on any atom is -0.468 e. The monoisotopic (exact) mass is 405 g/mol. The van der Waals surface area contributed by atoms with Gasteiger partial charge in [0.25, 0.3) is 5.56 Å². The molecule has 8 nitrogen and oxygen atoms in total. The maximum Gasteiger partial charge on any atom is 0.348 e. The van der Waals surface area contributed by atoms with Crippen molar-refractivity contribution in [1.29, 1.82) is 0 Å². The van der Waals surface area contributed by atoms with Crippen LogP contribution in [-0.2, 0) is 17.8 Å². The second-order valence-corrected chi connectivity index (χ2v) is 8.28. The van der Waals surface area contributed by atoms with Gasteiger partial charge < -0.3 is 19.2 Å². The van der Waals surface area contributed by atoms with E-state index in [0.29, 0.717) is 46.1 Å². The van der Waals surface area contributed by atoms with Crippen LogP contribution in [0.4, 0.5) is 0 Å². The Balaban J connectivity index is 1.94. The lowest BCUT2D eigenvalue weighted by Crippen LogP contribution is -2.38. The number of fused-ring (bicyclic) bond motifs is 1. The van der Waals surface area contributed by atoms with E-state index in [2.05, 4.69) is 9.97 Å². The molecule has 0 aliphatic rings. The van der Waals surface area contributed by atoms with Gasteiger partial charge in [-0.1, -0.05) is 0 Å². The number of aryl methyl sites for hydroxylation is 1. The highest BCUT2D eigenvalue weighted by atomic mass is 32.1. The molecule has 28 heavy (non-hydrogen) atoms. The van der Waals surface area contributed by atoms with Crippen LogP contribution in [0.15, 0.2) is 27.6 Å². The number of aromatic nitrogens is 2. The minimum absolute atomic E-state index is 0.301. The van der Waals surface area contributed by atoms with Crippen LogP contribution < -0.4 is 5.56 Å². The van der Waals surface area contributed by atoms with Gasteiger partial charge in [-0.3, -0.25) is 9.69 Å². The van der Waals surface area contributed by atoms with E-state index < -0.39 is 11.6 Å². The number of nitrogens with zero attached hydrogens (tertiary/aromatic N) is 2. The number of hydrogen-bond donors (Lipinski definition) is 2. The van der Waals surface area contributed by atoms with Crippen molar-refractivity contribution < 1.29 is 19.1 Å². The third-order valence-electron chi connectivity index (χ3n) is 4.16. The van der Waals surface area contributed by atoms with Crippen LogP contribution >= 0.6 is 11.3 Å². The average Bonchev–Trinajstić information content (AvgIpc) is 3.20. The van der Waals surface area contributed by atoms with Gasteiger partial charge in [0.2, 0.25) is 0 Å². The van der Waals surface area contributed by atoms with Gasteiger partial charge in [-0.15, -0.1) is 11.3 Å². The molecule has 0 fully saturated rings. The van der Waals surface area contributed by atoms with Crippen LogP contribution in [-0.4, -0.2) is 45.2 Å². The van der Waals surface area contributed by atoms with E-state index in [1.165, 1.54) is 7.11 Å². The number of ether oxygens (including phenoxy) is 1. The molecular formula is C19H23N3O5S. The molecule has 0 unspecified atom stereocenters. The van der Waals surface area contributed by atoms with Gasteiger partial charge >= 0.3 is 5.97 Å². The SMILES string of the molecule is COC(=O)c1sc2nc(CN(Cc3ccco3)CC(C)(C)O)[nH]c(=O)c2c1C. The lowest BCUT2D eigenvalue weighted by molar-refractivity contribution is 0.0277. The second kappa shape index (κ2) is 7.86. The van der Waals surface area contributed by atoms with Gasteiger partial charge in [-0.25, -0.2) is 9.78 Å².